The molecule has 0 bridgehead atoms. The van der Waals surface area contributed by atoms with Gasteiger partial charge in [0.2, 0.25) is 16.9 Å². The fourth-order valence-electron chi connectivity index (χ4n) is 4.65. The van der Waals surface area contributed by atoms with Crippen LogP contribution in [0.1, 0.15) is 40.3 Å². The predicted octanol–water partition coefficient (Wildman–Crippen LogP) is -2.20. The number of carbonyl (C=O) groups is 3. The number of hydrogen-bond donors (Lipinski definition) is 11. The van der Waals surface area contributed by atoms with Crippen molar-refractivity contribution in [3.05, 3.63) is 12.7 Å². The summed E-state index contributed by atoms with van der Waals surface area (Å²) in [5.74, 6) is -1.54. The molecule has 0 aromatic carbocycles. The molecule has 2 aromatic rings. The fraction of sp³-hybridized carbons (Fsp3) is 0.692. The summed E-state index contributed by atoms with van der Waals surface area (Å²) < 4.78 is 61.9. The molecule has 56 heavy (non-hydrogen) atoms. The third-order valence-electron chi connectivity index (χ3n) is 7.64. The minimum atomic E-state index is -5.59. The molecule has 2 amide bonds. The van der Waals surface area contributed by atoms with Gasteiger partial charge in [-0.25, -0.2) is 28.6 Å². The van der Waals surface area contributed by atoms with E-state index >= 15 is 0 Å². The molecule has 3 unspecified atom stereocenters. The van der Waals surface area contributed by atoms with Crippen molar-refractivity contribution in [3.63, 3.8) is 0 Å². The van der Waals surface area contributed by atoms with Crippen molar-refractivity contribution in [2.75, 3.05) is 37.8 Å². The van der Waals surface area contributed by atoms with E-state index in [1.165, 1.54) is 27.7 Å². The molecule has 3 heterocycles. The minimum absolute atomic E-state index is 0.0176. The van der Waals surface area contributed by atoms with Gasteiger partial charge in [0, 0.05) is 30.7 Å². The lowest BCUT2D eigenvalue weighted by Crippen LogP contribution is -2.46. The van der Waals surface area contributed by atoms with E-state index in [1.807, 2.05) is 0 Å². The van der Waals surface area contributed by atoms with Crippen LogP contribution < -0.4 is 16.4 Å². The van der Waals surface area contributed by atoms with Gasteiger partial charge >= 0.3 is 23.5 Å². The number of aliphatic hydroxyl groups is 4. The number of nitrogens with zero attached hydrogens (tertiary/aromatic N) is 4. The zero-order chi connectivity index (χ0) is 42.4. The first kappa shape index (κ1) is 47.9. The van der Waals surface area contributed by atoms with Crippen LogP contribution in [0.25, 0.3) is 11.2 Å². The van der Waals surface area contributed by atoms with Crippen LogP contribution >= 0.6 is 35.2 Å². The first-order valence-electron chi connectivity index (χ1n) is 16.1. The highest BCUT2D eigenvalue weighted by molar-refractivity contribution is 8.13. The number of nitrogens with two attached hydrogens (primary N) is 1. The summed E-state index contributed by atoms with van der Waals surface area (Å²) in [7, 11) is -16.4. The molecule has 318 valence electrons. The Hall–Kier alpha value is -2.52. The van der Waals surface area contributed by atoms with Crippen LogP contribution in [-0.2, 0) is 50.7 Å². The maximum Gasteiger partial charge on any atom is 0.481 e. The molecular formula is C26H44N7O19P3S. The van der Waals surface area contributed by atoms with E-state index in [9.17, 15) is 68.1 Å². The number of aliphatic hydroxyl groups excluding tert-OH is 3. The molecule has 1 aliphatic heterocycles. The predicted molar refractivity (Wildman–Crippen MR) is 189 cm³/mol. The van der Waals surface area contributed by atoms with Crippen molar-refractivity contribution in [2.45, 2.75) is 76.5 Å². The first-order valence-corrected chi connectivity index (χ1v) is 21.6. The quantitative estimate of drug-likeness (QED) is 0.0468. The SMILES string of the molecule is CC(C)(O)C(O)C(=O)SCCNC(=O)CCNC(=O)[C@H](O)C(C)(C)COP(=O)(O)OP(=O)(O)OC[C@H]1O[C@@H](n2cnc3c(N)ncnc32)[C@H](O)[C@@H]1OP(=O)(O)O. The Morgan fingerprint density at radius 2 is 1.64 bits per heavy atom. The van der Waals surface area contributed by atoms with Crippen molar-refractivity contribution in [3.8, 4) is 0 Å². The van der Waals surface area contributed by atoms with Gasteiger partial charge in [0.1, 0.15) is 36.3 Å². The molecule has 2 aromatic heterocycles. The molecule has 0 spiro atoms. The van der Waals surface area contributed by atoms with Crippen molar-refractivity contribution in [1.82, 2.24) is 30.2 Å². The molecule has 0 radical (unpaired) electrons. The number of phosphoric ester groups is 3. The molecule has 8 atom stereocenters. The molecule has 12 N–H and O–H groups in total. The van der Waals surface area contributed by atoms with Gasteiger partial charge in [0.15, 0.2) is 23.8 Å². The summed E-state index contributed by atoms with van der Waals surface area (Å²) in [6.07, 6.45) is -8.74. The summed E-state index contributed by atoms with van der Waals surface area (Å²) in [6, 6.07) is 0. The number of ether oxygens (including phenoxy) is 1. The van der Waals surface area contributed by atoms with E-state index < -0.39 is 101 Å². The van der Waals surface area contributed by atoms with Gasteiger partial charge in [-0.1, -0.05) is 25.6 Å². The number of nitrogen functional groups attached to an aromatic ring is 1. The van der Waals surface area contributed by atoms with Crippen LogP contribution in [0.4, 0.5) is 5.82 Å². The monoisotopic (exact) mass is 883 g/mol. The number of thioether (sulfide) groups is 1. The molecule has 30 heteroatoms. The molecule has 1 aliphatic rings. The summed E-state index contributed by atoms with van der Waals surface area (Å²) >= 11 is 0.695. The third kappa shape index (κ3) is 13.8. The number of anilines is 1. The van der Waals surface area contributed by atoms with Gasteiger partial charge in [-0.2, -0.15) is 4.31 Å². The zero-order valence-electron chi connectivity index (χ0n) is 30.0. The van der Waals surface area contributed by atoms with Crippen LogP contribution in [0.3, 0.4) is 0 Å². The second-order valence-electron chi connectivity index (χ2n) is 13.3. The molecule has 0 saturated carbocycles. The smallest absolute Gasteiger partial charge is 0.387 e. The average molecular weight is 884 g/mol. The molecule has 1 fully saturated rings. The largest absolute Gasteiger partial charge is 0.481 e. The van der Waals surface area contributed by atoms with Crippen molar-refractivity contribution in [1.29, 1.82) is 0 Å². The van der Waals surface area contributed by atoms with Gasteiger partial charge < -0.3 is 61.1 Å². The first-order chi connectivity index (χ1) is 25.6. The lowest BCUT2D eigenvalue weighted by molar-refractivity contribution is -0.137. The minimum Gasteiger partial charge on any atom is -0.387 e. The third-order valence-corrected chi connectivity index (χ3v) is 11.7. The standard InChI is InChI=1S/C26H44N7O19P3S/c1-25(2,18(36)22(38)29-6-5-14(34)28-7-8-56-24(39)19(37)26(3,4)40)10-49-55(46,47)52-54(44,45)48-9-13-17(51-53(41,42)43)16(35)23(50-13)33-12-32-15-20(27)30-11-31-21(15)33/h11-13,16-19,23,35-37,40H,5-10H2,1-4H3,(H,28,34)(H,29,38)(H,44,45)(H,46,47)(H2,27,30,31)(H2,41,42,43)/t13-,16-,17-,18+,19?,23-/m1/s1. The number of rotatable bonds is 21. The lowest BCUT2D eigenvalue weighted by Gasteiger charge is -2.30. The maximum atomic E-state index is 12.7. The molecule has 26 nitrogen and oxygen atoms in total. The van der Waals surface area contributed by atoms with E-state index in [0.717, 1.165) is 17.2 Å². The van der Waals surface area contributed by atoms with Crippen LogP contribution in [-0.4, -0.2) is 145 Å². The molecule has 3 rings (SSSR count). The highest BCUT2D eigenvalue weighted by Crippen LogP contribution is 2.61. The van der Waals surface area contributed by atoms with Crippen molar-refractivity contribution < 1.29 is 90.7 Å². The van der Waals surface area contributed by atoms with Crippen LogP contribution in [0.5, 0.6) is 0 Å². The summed E-state index contributed by atoms with van der Waals surface area (Å²) in [6.45, 7) is 2.65. The van der Waals surface area contributed by atoms with Gasteiger partial charge in [0.25, 0.3) is 0 Å². The Kier molecular flexibility index (Phi) is 16.3. The number of aromatic nitrogens is 4. The van der Waals surface area contributed by atoms with Gasteiger partial charge in [-0.15, -0.1) is 0 Å². The van der Waals surface area contributed by atoms with Gasteiger partial charge in [-0.05, 0) is 13.8 Å². The number of fused-ring (bicyclic) bond motifs is 1. The fourth-order valence-corrected chi connectivity index (χ4v) is 8.33. The second kappa shape index (κ2) is 19.0. The van der Waals surface area contributed by atoms with Crippen molar-refractivity contribution in [2.24, 2.45) is 5.41 Å². The van der Waals surface area contributed by atoms with E-state index in [4.69, 9.17) is 19.5 Å². The van der Waals surface area contributed by atoms with Crippen LogP contribution in [0.2, 0.25) is 0 Å². The van der Waals surface area contributed by atoms with E-state index in [-0.39, 0.29) is 42.2 Å². The average Bonchev–Trinajstić information content (AvgIpc) is 3.63. The Bertz CT molecular complexity index is 1860. The second-order valence-corrected chi connectivity index (χ2v) is 18.6. The number of carbonyl (C=O) groups excluding carboxylic acids is 3. The topological polar surface area (TPSA) is 404 Å². The zero-order valence-corrected chi connectivity index (χ0v) is 33.5. The maximum absolute atomic E-state index is 12.7. The normalized spacial score (nSPS) is 22.6. The lowest BCUT2D eigenvalue weighted by atomic mass is 9.87. The Morgan fingerprint density at radius 1 is 1.00 bits per heavy atom. The number of amides is 2. The Morgan fingerprint density at radius 3 is 2.27 bits per heavy atom. The van der Waals surface area contributed by atoms with Gasteiger partial charge in [-0.3, -0.25) is 32.5 Å². The number of nitrogens with one attached hydrogen (secondary N) is 2. The summed E-state index contributed by atoms with van der Waals surface area (Å²) in [4.78, 5) is 87.3. The summed E-state index contributed by atoms with van der Waals surface area (Å²) in [5, 5.41) is 44.9. The molecular weight excluding hydrogens is 839 g/mol. The number of phosphoric acid groups is 3. The highest BCUT2D eigenvalue weighted by Gasteiger charge is 2.50. The van der Waals surface area contributed by atoms with Crippen molar-refractivity contribution >= 4 is 69.1 Å². The van der Waals surface area contributed by atoms with E-state index in [0.29, 0.717) is 11.8 Å². The van der Waals surface area contributed by atoms with Gasteiger partial charge in [0.05, 0.1) is 25.1 Å². The number of hydrogen-bond acceptors (Lipinski definition) is 20. The highest BCUT2D eigenvalue weighted by atomic mass is 32.2. The van der Waals surface area contributed by atoms with E-state index in [2.05, 4.69) is 34.4 Å². The molecule has 1 saturated heterocycles. The Labute approximate surface area is 321 Å². The van der Waals surface area contributed by atoms with Crippen LogP contribution in [0, 0.1) is 5.41 Å². The molecule has 0 aliphatic carbocycles. The van der Waals surface area contributed by atoms with Crippen LogP contribution in [0.15, 0.2) is 12.7 Å². The Balaban J connectivity index is 1.49. The van der Waals surface area contributed by atoms with E-state index in [1.54, 1.807) is 0 Å². The summed E-state index contributed by atoms with van der Waals surface area (Å²) in [5.41, 5.74) is 2.55. The number of imidazole rings is 1.